The third kappa shape index (κ3) is 5.36. The minimum Gasteiger partial charge on any atom is -0.352 e. The minimum atomic E-state index is -4.55. The molecule has 3 aromatic rings. The maximum Gasteiger partial charge on any atom is 0.419 e. The molecule has 1 N–H and O–H groups in total. The van der Waals surface area contributed by atoms with Crippen molar-refractivity contribution in [1.82, 2.24) is 24.8 Å². The zero-order valence-electron chi connectivity index (χ0n) is 18.6. The highest BCUT2D eigenvalue weighted by atomic mass is 19.4. The monoisotopic (exact) mass is 492 g/mol. The van der Waals surface area contributed by atoms with Crippen LogP contribution in [0, 0.1) is 17.6 Å². The fourth-order valence-electron chi connectivity index (χ4n) is 4.08. The van der Waals surface area contributed by atoms with Crippen LogP contribution < -0.4 is 5.32 Å². The Labute approximate surface area is 197 Å². The van der Waals surface area contributed by atoms with E-state index in [9.17, 15) is 26.7 Å². The molecule has 1 fully saturated rings. The first-order valence-electron chi connectivity index (χ1n) is 10.9. The molecule has 2 aromatic heterocycles. The first-order chi connectivity index (χ1) is 16.6. The maximum absolute atomic E-state index is 14.2. The Bertz CT molecular complexity index is 1190. The number of nitrogens with zero attached hydrogens (tertiary/aromatic N) is 5. The molecule has 3 heterocycles. The highest BCUT2D eigenvalue weighted by Gasteiger charge is 2.35. The fraction of sp³-hybridized carbons (Fsp3) is 0.348. The smallest absolute Gasteiger partial charge is 0.352 e. The average molecular weight is 492 g/mol. The number of rotatable bonds is 5. The molecule has 0 bridgehead atoms. The van der Waals surface area contributed by atoms with Crippen molar-refractivity contribution in [2.45, 2.75) is 32.0 Å². The lowest BCUT2D eigenvalue weighted by Crippen LogP contribution is -2.51. The summed E-state index contributed by atoms with van der Waals surface area (Å²) in [4.78, 5) is 30.7. The third-order valence-electron chi connectivity index (χ3n) is 5.92. The molecule has 0 aliphatic carbocycles. The van der Waals surface area contributed by atoms with Gasteiger partial charge in [0.2, 0.25) is 5.95 Å². The van der Waals surface area contributed by atoms with E-state index in [0.29, 0.717) is 25.4 Å². The van der Waals surface area contributed by atoms with Gasteiger partial charge >= 0.3 is 6.18 Å². The molecule has 0 saturated carbocycles. The summed E-state index contributed by atoms with van der Waals surface area (Å²) in [6, 6.07) is 2.89. The van der Waals surface area contributed by atoms with Crippen molar-refractivity contribution in [2.75, 3.05) is 18.4 Å². The Balaban J connectivity index is 1.60. The lowest BCUT2D eigenvalue weighted by Gasteiger charge is -2.40. The van der Waals surface area contributed by atoms with Crippen LogP contribution in [-0.2, 0) is 6.18 Å². The lowest BCUT2D eigenvalue weighted by molar-refractivity contribution is -0.138. The van der Waals surface area contributed by atoms with Gasteiger partial charge in [0.05, 0.1) is 17.2 Å². The average Bonchev–Trinajstić information content (AvgIpc) is 2.84. The number of nitrogens with one attached hydrogen (secondary N) is 1. The molecule has 0 radical (unpaired) electrons. The van der Waals surface area contributed by atoms with Crippen molar-refractivity contribution in [2.24, 2.45) is 5.92 Å². The Morgan fingerprint density at radius 1 is 1.09 bits per heavy atom. The van der Waals surface area contributed by atoms with E-state index in [0.717, 1.165) is 18.6 Å². The Hall–Kier alpha value is -3.70. The minimum absolute atomic E-state index is 0.0105. The predicted molar refractivity (Wildman–Crippen MR) is 116 cm³/mol. The third-order valence-corrected chi connectivity index (χ3v) is 5.92. The SMILES string of the molecule is C[C@@H]1CCCN(C(=O)c2cc(F)c(F)cc2-c2ncccn2)[C@@H]1CNc1ncc(C(F)(F)F)cn1. The van der Waals surface area contributed by atoms with Gasteiger partial charge in [-0.25, -0.2) is 28.7 Å². The van der Waals surface area contributed by atoms with Gasteiger partial charge in [-0.1, -0.05) is 6.92 Å². The number of carbonyl (C=O) groups excluding carboxylic acids is 1. The summed E-state index contributed by atoms with van der Waals surface area (Å²) in [5, 5.41) is 2.88. The molecule has 12 heteroatoms. The van der Waals surface area contributed by atoms with Crippen molar-refractivity contribution in [1.29, 1.82) is 0 Å². The zero-order valence-corrected chi connectivity index (χ0v) is 18.6. The predicted octanol–water partition coefficient (Wildman–Crippen LogP) is 4.58. The van der Waals surface area contributed by atoms with E-state index in [2.05, 4.69) is 25.3 Å². The molecule has 1 aliphatic heterocycles. The topological polar surface area (TPSA) is 83.9 Å². The fourth-order valence-corrected chi connectivity index (χ4v) is 4.08. The molecular weight excluding hydrogens is 471 g/mol. The summed E-state index contributed by atoms with van der Waals surface area (Å²) in [7, 11) is 0. The van der Waals surface area contributed by atoms with Crippen LogP contribution in [0.3, 0.4) is 0 Å². The first kappa shape index (κ1) is 24.4. The number of alkyl halides is 3. The van der Waals surface area contributed by atoms with Crippen molar-refractivity contribution in [3.05, 3.63) is 65.7 Å². The largest absolute Gasteiger partial charge is 0.419 e. The highest BCUT2D eigenvalue weighted by Crippen LogP contribution is 2.30. The standard InChI is InChI=1S/C23H21F5N6O/c1-13-4-2-7-34(19(13)12-33-22-31-10-14(11-32-22)23(26,27)28)21(35)16-9-18(25)17(24)8-15(16)20-29-5-3-6-30-20/h3,5-6,8-11,13,19H,2,4,7,12H2,1H3,(H,31,32,33)/t13-,19-/m1/s1. The second kappa shape index (κ2) is 9.88. The van der Waals surface area contributed by atoms with Crippen LogP contribution in [0.1, 0.15) is 35.7 Å². The number of hydrogen-bond acceptors (Lipinski definition) is 6. The number of piperidine rings is 1. The second-order valence-corrected chi connectivity index (χ2v) is 8.24. The quantitative estimate of drug-likeness (QED) is 0.525. The van der Waals surface area contributed by atoms with Gasteiger partial charge in [-0.3, -0.25) is 4.79 Å². The van der Waals surface area contributed by atoms with Crippen molar-refractivity contribution in [3.63, 3.8) is 0 Å². The van der Waals surface area contributed by atoms with Crippen LogP contribution >= 0.6 is 0 Å². The van der Waals surface area contributed by atoms with Crippen molar-refractivity contribution in [3.8, 4) is 11.4 Å². The van der Waals surface area contributed by atoms with Gasteiger partial charge < -0.3 is 10.2 Å². The van der Waals surface area contributed by atoms with Crippen LogP contribution in [0.2, 0.25) is 0 Å². The molecule has 1 amide bonds. The van der Waals surface area contributed by atoms with Gasteiger partial charge in [0.15, 0.2) is 17.5 Å². The number of carbonyl (C=O) groups is 1. The molecular formula is C23H21F5N6O. The summed E-state index contributed by atoms with van der Waals surface area (Å²) in [6.07, 6.45) is 1.16. The number of amides is 1. The molecule has 0 unspecified atom stereocenters. The number of halogens is 5. The Morgan fingerprint density at radius 3 is 2.40 bits per heavy atom. The molecule has 2 atom stereocenters. The zero-order chi connectivity index (χ0) is 25.2. The Kier molecular flexibility index (Phi) is 6.90. The van der Waals surface area contributed by atoms with Crippen molar-refractivity contribution >= 4 is 11.9 Å². The molecule has 1 aliphatic rings. The molecule has 35 heavy (non-hydrogen) atoms. The molecule has 184 valence electrons. The number of hydrogen-bond donors (Lipinski definition) is 1. The summed E-state index contributed by atoms with van der Waals surface area (Å²) in [5.74, 6) is -2.77. The number of likely N-dealkylation sites (tertiary alicyclic amines) is 1. The van der Waals surface area contributed by atoms with Crippen LogP contribution in [0.4, 0.5) is 27.9 Å². The lowest BCUT2D eigenvalue weighted by atomic mass is 9.89. The Morgan fingerprint density at radius 2 is 1.74 bits per heavy atom. The van der Waals surface area contributed by atoms with Crippen LogP contribution in [0.15, 0.2) is 43.0 Å². The van der Waals surface area contributed by atoms with Crippen LogP contribution in [0.25, 0.3) is 11.4 Å². The summed E-state index contributed by atoms with van der Waals surface area (Å²) >= 11 is 0. The highest BCUT2D eigenvalue weighted by molar-refractivity contribution is 6.00. The molecule has 4 rings (SSSR count). The normalized spacial score (nSPS) is 18.4. The summed E-state index contributed by atoms with van der Waals surface area (Å²) < 4.78 is 66.5. The molecule has 7 nitrogen and oxygen atoms in total. The van der Waals surface area contributed by atoms with Gasteiger partial charge in [-0.2, -0.15) is 13.2 Å². The molecule has 1 aromatic carbocycles. The van der Waals surface area contributed by atoms with Crippen molar-refractivity contribution < 1.29 is 26.7 Å². The molecule has 1 saturated heterocycles. The number of benzene rings is 1. The molecule has 0 spiro atoms. The number of aromatic nitrogens is 4. The van der Waals surface area contributed by atoms with E-state index in [-0.39, 0.29) is 35.4 Å². The maximum atomic E-state index is 14.2. The van der Waals surface area contributed by atoms with E-state index in [1.165, 1.54) is 12.4 Å². The van der Waals surface area contributed by atoms with Gasteiger partial charge in [-0.05, 0) is 37.0 Å². The summed E-state index contributed by atoms with van der Waals surface area (Å²) in [6.45, 7) is 2.45. The van der Waals surface area contributed by atoms with E-state index >= 15 is 0 Å². The van der Waals surface area contributed by atoms with Gasteiger partial charge in [0.1, 0.15) is 0 Å². The van der Waals surface area contributed by atoms with Crippen LogP contribution in [-0.4, -0.2) is 49.9 Å². The summed E-state index contributed by atoms with van der Waals surface area (Å²) in [5.41, 5.74) is -0.995. The van der Waals surface area contributed by atoms with Gasteiger partial charge in [-0.15, -0.1) is 0 Å². The van der Waals surface area contributed by atoms with Gasteiger partial charge in [0.25, 0.3) is 5.91 Å². The second-order valence-electron chi connectivity index (χ2n) is 8.24. The van der Waals surface area contributed by atoms with E-state index in [1.54, 1.807) is 11.0 Å². The van der Waals surface area contributed by atoms with E-state index < -0.39 is 35.3 Å². The van der Waals surface area contributed by atoms with Gasteiger partial charge in [0, 0.05) is 43.4 Å². The van der Waals surface area contributed by atoms with Crippen LogP contribution in [0.5, 0.6) is 0 Å². The number of anilines is 1. The van der Waals surface area contributed by atoms with E-state index in [4.69, 9.17) is 0 Å². The first-order valence-corrected chi connectivity index (χ1v) is 10.9. The van der Waals surface area contributed by atoms with E-state index in [1.807, 2.05) is 6.92 Å².